The van der Waals surface area contributed by atoms with E-state index in [-0.39, 0.29) is 5.41 Å². The van der Waals surface area contributed by atoms with Crippen LogP contribution in [0.2, 0.25) is 0 Å². The largest absolute Gasteiger partial charge is 0.308 e. The van der Waals surface area contributed by atoms with Crippen molar-refractivity contribution in [3.8, 4) is 16.8 Å². The zero-order valence-electron chi connectivity index (χ0n) is 34.0. The molecule has 61 heavy (non-hydrogen) atoms. The molecule has 0 unspecified atom stereocenters. The molecule has 13 rings (SSSR count). The van der Waals surface area contributed by atoms with Gasteiger partial charge in [-0.25, -0.2) is 0 Å². The Balaban J connectivity index is 1.22. The fraction of sp³-hybridized carbons (Fsp3) is 0.0508. The van der Waals surface area contributed by atoms with Crippen molar-refractivity contribution in [3.63, 3.8) is 0 Å². The van der Waals surface area contributed by atoms with Crippen LogP contribution in [-0.4, -0.2) is 4.57 Å². The van der Waals surface area contributed by atoms with Crippen LogP contribution in [0.3, 0.4) is 0 Å². The van der Waals surface area contributed by atoms with Gasteiger partial charge in [0.05, 0.1) is 22.4 Å². The van der Waals surface area contributed by atoms with Gasteiger partial charge in [-0.15, -0.1) is 0 Å². The molecule has 0 N–H and O–H groups in total. The van der Waals surface area contributed by atoms with E-state index in [0.29, 0.717) is 0 Å². The summed E-state index contributed by atoms with van der Waals surface area (Å²) in [6.45, 7) is 4.77. The van der Waals surface area contributed by atoms with Gasteiger partial charge >= 0.3 is 0 Å². The molecule has 286 valence electrons. The first kappa shape index (κ1) is 34.2. The van der Waals surface area contributed by atoms with E-state index in [0.717, 1.165) is 22.7 Å². The molecule has 0 aliphatic heterocycles. The maximum Gasteiger partial charge on any atom is 0.0787 e. The molecule has 11 aromatic carbocycles. The first-order valence-electron chi connectivity index (χ1n) is 21.4. The Morgan fingerprint density at radius 1 is 0.361 bits per heavy atom. The molecule has 0 bridgehead atoms. The number of hydrogen-bond acceptors (Lipinski definition) is 1. The third kappa shape index (κ3) is 4.79. The van der Waals surface area contributed by atoms with Crippen LogP contribution in [-0.2, 0) is 5.41 Å². The van der Waals surface area contributed by atoms with Crippen molar-refractivity contribution in [1.82, 2.24) is 4.57 Å². The maximum absolute atomic E-state index is 2.58. The second-order valence-electron chi connectivity index (χ2n) is 17.2. The third-order valence-corrected chi connectivity index (χ3v) is 13.7. The van der Waals surface area contributed by atoms with Crippen molar-refractivity contribution in [2.24, 2.45) is 0 Å². The number of anilines is 3. The quantitative estimate of drug-likeness (QED) is 0.162. The van der Waals surface area contributed by atoms with Gasteiger partial charge in [-0.3, -0.25) is 0 Å². The molecular weight excluding hydrogens is 737 g/mol. The van der Waals surface area contributed by atoms with Crippen LogP contribution in [0.1, 0.15) is 25.0 Å². The van der Waals surface area contributed by atoms with Crippen molar-refractivity contribution >= 4 is 92.7 Å². The Bertz CT molecular complexity index is 3720. The number of hydrogen-bond donors (Lipinski definition) is 0. The summed E-state index contributed by atoms with van der Waals surface area (Å²) in [5.41, 5.74) is 12.1. The number of aromatic nitrogens is 1. The molecule has 0 radical (unpaired) electrons. The number of para-hydroxylation sites is 2. The van der Waals surface area contributed by atoms with Crippen LogP contribution >= 0.6 is 0 Å². The highest BCUT2D eigenvalue weighted by molar-refractivity contribution is 6.30. The predicted octanol–water partition coefficient (Wildman–Crippen LogP) is 16.3. The molecule has 0 fully saturated rings. The molecule has 1 aliphatic rings. The van der Waals surface area contributed by atoms with Crippen molar-refractivity contribution < 1.29 is 0 Å². The average Bonchev–Trinajstić information content (AvgIpc) is 3.77. The third-order valence-electron chi connectivity index (χ3n) is 13.7. The molecule has 1 aliphatic carbocycles. The zero-order chi connectivity index (χ0) is 40.4. The molecule has 0 amide bonds. The van der Waals surface area contributed by atoms with Crippen LogP contribution in [0, 0.1) is 0 Å². The fourth-order valence-corrected chi connectivity index (χ4v) is 10.9. The van der Waals surface area contributed by atoms with E-state index < -0.39 is 0 Å². The summed E-state index contributed by atoms with van der Waals surface area (Å²) in [4.78, 5) is 2.58. The van der Waals surface area contributed by atoms with Crippen LogP contribution in [0.4, 0.5) is 17.1 Å². The van der Waals surface area contributed by atoms with Crippen LogP contribution in [0.25, 0.3) is 92.5 Å². The van der Waals surface area contributed by atoms with Gasteiger partial charge in [0.25, 0.3) is 0 Å². The SMILES string of the molecule is CC1(C)c2ccccc2-c2ccc(N(c3ccc4c(ccc5ccccc54)c3)c3c(-n4c5ccccc5c5ccccc54)ccc4c5ccccc5c5ccccc5c34)cc21. The van der Waals surface area contributed by atoms with Gasteiger partial charge in [-0.05, 0) is 113 Å². The molecule has 2 nitrogen and oxygen atoms in total. The minimum absolute atomic E-state index is 0.173. The first-order valence-corrected chi connectivity index (χ1v) is 21.4. The number of fused-ring (bicyclic) bond motifs is 15. The molecule has 0 spiro atoms. The predicted molar refractivity (Wildman–Crippen MR) is 261 cm³/mol. The second kappa shape index (κ2) is 12.7. The molecule has 0 saturated carbocycles. The summed E-state index contributed by atoms with van der Waals surface area (Å²) in [7, 11) is 0. The lowest BCUT2D eigenvalue weighted by atomic mass is 9.82. The molecular formula is C59H40N2. The summed E-state index contributed by atoms with van der Waals surface area (Å²) in [6, 6.07) is 77.0. The van der Waals surface area contributed by atoms with Crippen molar-refractivity contribution in [1.29, 1.82) is 0 Å². The lowest BCUT2D eigenvalue weighted by molar-refractivity contribution is 0.660. The van der Waals surface area contributed by atoms with Crippen LogP contribution in [0.5, 0.6) is 0 Å². The normalized spacial score (nSPS) is 13.2. The lowest BCUT2D eigenvalue weighted by Gasteiger charge is -2.32. The van der Waals surface area contributed by atoms with E-state index in [2.05, 4.69) is 230 Å². The molecule has 0 atom stereocenters. The van der Waals surface area contributed by atoms with E-state index in [1.54, 1.807) is 0 Å². The summed E-state index contributed by atoms with van der Waals surface area (Å²) >= 11 is 0. The smallest absolute Gasteiger partial charge is 0.0787 e. The standard InChI is InChI=1S/C59H40N2/c1-59(2)52-24-12-9-20-46(52)47-32-30-40(36-53(47)59)60(39-29-31-42-38(35-39)28-27-37-15-3-4-16-41(37)42)58-56(61-54-25-13-10-21-48(54)49-22-11-14-26-55(49)61)34-33-51-45-19-6-5-17-43(45)44-18-7-8-23-50(44)57(51)58/h3-36H,1-2H3. The zero-order valence-corrected chi connectivity index (χ0v) is 34.0. The van der Waals surface area contributed by atoms with Crippen molar-refractivity contribution in [2.45, 2.75) is 19.3 Å². The minimum Gasteiger partial charge on any atom is -0.308 e. The van der Waals surface area contributed by atoms with Gasteiger partial charge in [0.1, 0.15) is 0 Å². The topological polar surface area (TPSA) is 8.17 Å². The van der Waals surface area contributed by atoms with Crippen LogP contribution in [0.15, 0.2) is 206 Å². The second-order valence-corrected chi connectivity index (χ2v) is 17.2. The molecule has 2 heteroatoms. The number of benzene rings is 11. The molecule has 1 aromatic heterocycles. The maximum atomic E-state index is 2.58. The lowest BCUT2D eigenvalue weighted by Crippen LogP contribution is -2.17. The number of rotatable bonds is 4. The fourth-order valence-electron chi connectivity index (χ4n) is 10.9. The monoisotopic (exact) mass is 776 g/mol. The minimum atomic E-state index is -0.173. The van der Waals surface area contributed by atoms with Crippen LogP contribution < -0.4 is 4.90 Å². The molecule has 1 heterocycles. The molecule has 12 aromatic rings. The van der Waals surface area contributed by atoms with Gasteiger partial charge in [-0.2, -0.15) is 0 Å². The van der Waals surface area contributed by atoms with Gasteiger partial charge in [0.15, 0.2) is 0 Å². The van der Waals surface area contributed by atoms with E-state index >= 15 is 0 Å². The highest BCUT2D eigenvalue weighted by Crippen LogP contribution is 2.53. The Kier molecular flexibility index (Phi) is 7.10. The summed E-state index contributed by atoms with van der Waals surface area (Å²) in [5.74, 6) is 0. The summed E-state index contributed by atoms with van der Waals surface area (Å²) in [5, 5.41) is 14.9. The van der Waals surface area contributed by atoms with Crippen molar-refractivity contribution in [3.05, 3.63) is 217 Å². The van der Waals surface area contributed by atoms with Gasteiger partial charge in [0.2, 0.25) is 0 Å². The van der Waals surface area contributed by atoms with Gasteiger partial charge in [0, 0.05) is 32.9 Å². The Morgan fingerprint density at radius 3 is 1.59 bits per heavy atom. The van der Waals surface area contributed by atoms with Gasteiger partial charge < -0.3 is 9.47 Å². The highest BCUT2D eigenvalue weighted by Gasteiger charge is 2.36. The Labute approximate surface area is 354 Å². The van der Waals surface area contributed by atoms with E-state index in [1.807, 2.05) is 0 Å². The Morgan fingerprint density at radius 2 is 0.852 bits per heavy atom. The van der Waals surface area contributed by atoms with Crippen molar-refractivity contribution in [2.75, 3.05) is 4.90 Å². The highest BCUT2D eigenvalue weighted by atomic mass is 15.2. The van der Waals surface area contributed by atoms with Gasteiger partial charge in [-0.1, -0.05) is 178 Å². The summed E-state index contributed by atoms with van der Waals surface area (Å²) < 4.78 is 2.51. The Hall–Kier alpha value is -7.68. The van der Waals surface area contributed by atoms with E-state index in [1.165, 1.54) is 97.9 Å². The molecule has 0 saturated heterocycles. The summed E-state index contributed by atoms with van der Waals surface area (Å²) in [6.07, 6.45) is 0. The van der Waals surface area contributed by atoms with E-state index in [4.69, 9.17) is 0 Å². The van der Waals surface area contributed by atoms with E-state index in [9.17, 15) is 0 Å². The number of nitrogens with zero attached hydrogens (tertiary/aromatic N) is 2. The first-order chi connectivity index (χ1) is 30.0. The average molecular weight is 777 g/mol.